The molecule has 13 heteroatoms. The van der Waals surface area contributed by atoms with Gasteiger partial charge in [0, 0.05) is 13.2 Å². The molecule has 11 nitrogen and oxygen atoms in total. The molecule has 2 aliphatic heterocycles. The van der Waals surface area contributed by atoms with E-state index in [-0.39, 0.29) is 23.1 Å². The standard InChI is InChI=1S/C18H25ClN6O5S/c1-2-4-20-18(31)29-7-10-12(26)13(27)16(30-10)25-8-21-11-14(22-9-3-5-28-6-9)23-17(19)24-15(11)25/h8-10,12-13,16,26-27H,2-7H2,1H3,(H,20,31)(H,22,23,24)/t9-,10-,12-,13-,16-/m1/s1. The van der Waals surface area contributed by atoms with E-state index in [4.69, 9.17) is 38.0 Å². The average molecular weight is 473 g/mol. The second kappa shape index (κ2) is 9.76. The Morgan fingerprint density at radius 2 is 2.23 bits per heavy atom. The average Bonchev–Trinajstić information content (AvgIpc) is 3.46. The molecule has 31 heavy (non-hydrogen) atoms. The highest BCUT2D eigenvalue weighted by atomic mass is 35.5. The number of rotatable bonds is 7. The molecule has 4 heterocycles. The van der Waals surface area contributed by atoms with Gasteiger partial charge in [0.05, 0.1) is 19.0 Å². The number of thiocarbonyl (C=S) groups is 1. The second-order valence-corrected chi connectivity index (χ2v) is 8.15. The summed E-state index contributed by atoms with van der Waals surface area (Å²) < 4.78 is 18.2. The SMILES string of the molecule is CCCNC(=S)OC[C@H]1O[C@@H](n2cnc3c(N[C@@H]4CCOC4)nc(Cl)nc32)[C@H](O)[C@@H]1O. The summed E-state index contributed by atoms with van der Waals surface area (Å²) in [5.74, 6) is 0.476. The molecule has 4 rings (SSSR count). The van der Waals surface area contributed by atoms with Gasteiger partial charge in [-0.2, -0.15) is 9.97 Å². The lowest BCUT2D eigenvalue weighted by atomic mass is 10.1. The summed E-state index contributed by atoms with van der Waals surface area (Å²) in [6.07, 6.45) is -0.905. The Balaban J connectivity index is 1.51. The van der Waals surface area contributed by atoms with Gasteiger partial charge in [-0.15, -0.1) is 0 Å². The number of ether oxygens (including phenoxy) is 3. The van der Waals surface area contributed by atoms with Gasteiger partial charge in [0.2, 0.25) is 5.28 Å². The number of nitrogens with one attached hydrogen (secondary N) is 2. The smallest absolute Gasteiger partial charge is 0.256 e. The van der Waals surface area contributed by atoms with Crippen molar-refractivity contribution in [2.75, 3.05) is 31.7 Å². The van der Waals surface area contributed by atoms with Crippen LogP contribution in [0.3, 0.4) is 0 Å². The lowest BCUT2D eigenvalue weighted by Gasteiger charge is -2.17. The molecule has 0 amide bonds. The van der Waals surface area contributed by atoms with E-state index in [1.165, 1.54) is 10.9 Å². The monoisotopic (exact) mass is 472 g/mol. The van der Waals surface area contributed by atoms with Crippen molar-refractivity contribution in [1.29, 1.82) is 0 Å². The first-order valence-corrected chi connectivity index (χ1v) is 10.9. The minimum absolute atomic E-state index is 0.0128. The third-order valence-corrected chi connectivity index (χ3v) is 5.61. The number of fused-ring (bicyclic) bond motifs is 1. The van der Waals surface area contributed by atoms with Crippen LogP contribution in [0.2, 0.25) is 5.28 Å². The number of hydrogen-bond acceptors (Lipinski definition) is 10. The molecule has 5 atom stereocenters. The molecule has 0 bridgehead atoms. The molecule has 170 valence electrons. The minimum Gasteiger partial charge on any atom is -0.468 e. The van der Waals surface area contributed by atoms with Crippen molar-refractivity contribution in [2.24, 2.45) is 0 Å². The highest BCUT2D eigenvalue weighted by molar-refractivity contribution is 7.80. The Hall–Kier alpha value is -1.83. The molecule has 2 fully saturated rings. The fraction of sp³-hybridized carbons (Fsp3) is 0.667. The van der Waals surface area contributed by atoms with Crippen LogP contribution in [0, 0.1) is 0 Å². The number of aliphatic hydroxyl groups excluding tert-OH is 2. The van der Waals surface area contributed by atoms with Crippen molar-refractivity contribution in [1.82, 2.24) is 24.8 Å². The summed E-state index contributed by atoms with van der Waals surface area (Å²) in [6.45, 7) is 3.92. The third-order valence-electron chi connectivity index (χ3n) is 5.17. The van der Waals surface area contributed by atoms with E-state index in [1.807, 2.05) is 6.92 Å². The van der Waals surface area contributed by atoms with E-state index in [1.54, 1.807) is 0 Å². The van der Waals surface area contributed by atoms with E-state index >= 15 is 0 Å². The highest BCUT2D eigenvalue weighted by Gasteiger charge is 2.45. The Kier molecular flexibility index (Phi) is 7.04. The number of hydrogen-bond donors (Lipinski definition) is 4. The summed E-state index contributed by atoms with van der Waals surface area (Å²) in [6, 6.07) is 0.0983. The van der Waals surface area contributed by atoms with Crippen molar-refractivity contribution in [3.8, 4) is 0 Å². The maximum Gasteiger partial charge on any atom is 0.256 e. The Morgan fingerprint density at radius 3 is 2.97 bits per heavy atom. The van der Waals surface area contributed by atoms with Gasteiger partial charge in [-0.05, 0) is 36.7 Å². The first-order valence-electron chi connectivity index (χ1n) is 10.1. The first kappa shape index (κ1) is 22.4. The number of anilines is 1. The van der Waals surface area contributed by atoms with Crippen LogP contribution in [-0.2, 0) is 14.2 Å². The van der Waals surface area contributed by atoms with Gasteiger partial charge in [-0.1, -0.05) is 6.92 Å². The summed E-state index contributed by atoms with van der Waals surface area (Å²) in [4.78, 5) is 12.9. The number of aliphatic hydroxyl groups is 2. The largest absolute Gasteiger partial charge is 0.468 e. The number of halogens is 1. The highest BCUT2D eigenvalue weighted by Crippen LogP contribution is 2.33. The molecule has 4 N–H and O–H groups in total. The van der Waals surface area contributed by atoms with Gasteiger partial charge >= 0.3 is 0 Å². The van der Waals surface area contributed by atoms with E-state index in [0.29, 0.717) is 36.7 Å². The minimum atomic E-state index is -1.23. The van der Waals surface area contributed by atoms with Crippen LogP contribution in [0.1, 0.15) is 26.0 Å². The van der Waals surface area contributed by atoms with E-state index in [0.717, 1.165) is 12.8 Å². The molecular weight excluding hydrogens is 448 g/mol. The third kappa shape index (κ3) is 4.83. The number of nitrogens with zero attached hydrogens (tertiary/aromatic N) is 4. The molecule has 2 aromatic heterocycles. The summed E-state index contributed by atoms with van der Waals surface area (Å²) in [5, 5.41) is 27.5. The molecular formula is C18H25ClN6O5S. The fourth-order valence-electron chi connectivity index (χ4n) is 3.55. The van der Waals surface area contributed by atoms with Crippen LogP contribution in [0.5, 0.6) is 0 Å². The molecule has 0 aromatic carbocycles. The number of imidazole rings is 1. The van der Waals surface area contributed by atoms with Gasteiger partial charge in [0.1, 0.15) is 24.9 Å². The lowest BCUT2D eigenvalue weighted by molar-refractivity contribution is -0.0491. The molecule has 0 radical (unpaired) electrons. The van der Waals surface area contributed by atoms with Crippen LogP contribution in [0.4, 0.5) is 5.82 Å². The zero-order valence-corrected chi connectivity index (χ0v) is 18.5. The Morgan fingerprint density at radius 1 is 1.39 bits per heavy atom. The summed E-state index contributed by atoms with van der Waals surface area (Å²) >= 11 is 11.2. The predicted molar refractivity (Wildman–Crippen MR) is 116 cm³/mol. The van der Waals surface area contributed by atoms with Gasteiger partial charge in [0.25, 0.3) is 5.17 Å². The number of aromatic nitrogens is 4. The van der Waals surface area contributed by atoms with Crippen molar-refractivity contribution in [2.45, 2.75) is 50.3 Å². The summed E-state index contributed by atoms with van der Waals surface area (Å²) in [5.41, 5.74) is 0.852. The quantitative estimate of drug-likeness (QED) is 0.333. The maximum atomic E-state index is 10.6. The van der Waals surface area contributed by atoms with Crippen molar-refractivity contribution in [3.05, 3.63) is 11.6 Å². The van der Waals surface area contributed by atoms with Crippen molar-refractivity contribution >= 4 is 46.0 Å². The Labute approximate surface area is 189 Å². The van der Waals surface area contributed by atoms with Crippen molar-refractivity contribution < 1.29 is 24.4 Å². The topological polar surface area (TPSA) is 136 Å². The summed E-state index contributed by atoms with van der Waals surface area (Å²) in [7, 11) is 0. The van der Waals surface area contributed by atoms with Gasteiger partial charge < -0.3 is 35.1 Å². The lowest BCUT2D eigenvalue weighted by Crippen LogP contribution is -2.36. The van der Waals surface area contributed by atoms with Crippen LogP contribution < -0.4 is 10.6 Å². The first-order chi connectivity index (χ1) is 15.0. The van der Waals surface area contributed by atoms with Crippen LogP contribution >= 0.6 is 23.8 Å². The van der Waals surface area contributed by atoms with E-state index < -0.39 is 24.5 Å². The molecule has 2 aromatic rings. The molecule has 2 saturated heterocycles. The molecule has 0 aliphatic carbocycles. The second-order valence-electron chi connectivity index (χ2n) is 7.44. The molecule has 0 spiro atoms. The van der Waals surface area contributed by atoms with Gasteiger partial charge in [0.15, 0.2) is 23.2 Å². The van der Waals surface area contributed by atoms with Gasteiger partial charge in [-0.25, -0.2) is 4.98 Å². The normalized spacial score (nSPS) is 28.2. The maximum absolute atomic E-state index is 10.6. The zero-order chi connectivity index (χ0) is 22.0. The molecule has 2 aliphatic rings. The molecule has 0 unspecified atom stereocenters. The zero-order valence-electron chi connectivity index (χ0n) is 16.9. The molecule has 0 saturated carbocycles. The van der Waals surface area contributed by atoms with Crippen LogP contribution in [-0.4, -0.2) is 85.6 Å². The van der Waals surface area contributed by atoms with E-state index in [9.17, 15) is 10.2 Å². The predicted octanol–water partition coefficient (Wildman–Crippen LogP) is 0.601. The fourth-order valence-corrected chi connectivity index (χ4v) is 3.89. The van der Waals surface area contributed by atoms with Crippen LogP contribution in [0.25, 0.3) is 11.2 Å². The van der Waals surface area contributed by atoms with Crippen LogP contribution in [0.15, 0.2) is 6.33 Å². The van der Waals surface area contributed by atoms with Gasteiger partial charge in [-0.3, -0.25) is 4.57 Å². The van der Waals surface area contributed by atoms with E-state index in [2.05, 4.69) is 25.6 Å². The van der Waals surface area contributed by atoms with Crippen molar-refractivity contribution in [3.63, 3.8) is 0 Å². The Bertz CT molecular complexity index is 926.